The summed E-state index contributed by atoms with van der Waals surface area (Å²) in [5.41, 5.74) is 0.420. The van der Waals surface area contributed by atoms with Crippen LogP contribution < -0.4 is 15.1 Å². The van der Waals surface area contributed by atoms with E-state index in [2.05, 4.69) is 18.7 Å². The summed E-state index contributed by atoms with van der Waals surface area (Å²) < 4.78 is 28.7. The summed E-state index contributed by atoms with van der Waals surface area (Å²) in [5, 5.41) is 0.168. The van der Waals surface area contributed by atoms with E-state index < -0.39 is 17.2 Å². The Kier molecular flexibility index (Phi) is 8.88. The lowest BCUT2D eigenvalue weighted by molar-refractivity contribution is 0.0496. The number of aromatic nitrogens is 1. The van der Waals surface area contributed by atoms with Crippen LogP contribution in [0.2, 0.25) is 0 Å². The van der Waals surface area contributed by atoms with E-state index in [1.165, 1.54) is 32.4 Å². The monoisotopic (exact) mass is 501 g/mol. The average Bonchev–Trinajstić information content (AvgIpc) is 3.72. The Morgan fingerprint density at radius 2 is 1.75 bits per heavy atom. The molecule has 0 N–H and O–H groups in total. The number of hydrogen-bond donors (Lipinski definition) is 0. The Morgan fingerprint density at radius 1 is 1.06 bits per heavy atom. The molecule has 0 radical (unpaired) electrons. The third-order valence-electron chi connectivity index (χ3n) is 7.31. The van der Waals surface area contributed by atoms with Crippen molar-refractivity contribution < 1.29 is 18.7 Å². The first-order valence-electron chi connectivity index (χ1n) is 13.6. The maximum absolute atomic E-state index is 15.6. The minimum Gasteiger partial charge on any atom is -0.492 e. The molecule has 0 unspecified atom stereocenters. The number of carbonyl (C=O) groups excluding carboxylic acids is 1. The molecule has 4 rings (SSSR count). The average molecular weight is 502 g/mol. The summed E-state index contributed by atoms with van der Waals surface area (Å²) in [6.45, 7) is 8.73. The van der Waals surface area contributed by atoms with Crippen molar-refractivity contribution in [2.24, 2.45) is 0 Å². The number of piperazine rings is 1. The fourth-order valence-electron chi connectivity index (χ4n) is 5.09. The lowest BCUT2D eigenvalue weighted by atomic mass is 10.1. The largest absolute Gasteiger partial charge is 0.492 e. The number of fused-ring (bicyclic) bond motifs is 1. The van der Waals surface area contributed by atoms with Crippen LogP contribution in [0.25, 0.3) is 10.9 Å². The molecule has 198 valence electrons. The van der Waals surface area contributed by atoms with E-state index in [4.69, 9.17) is 9.47 Å². The molecule has 1 aromatic heterocycles. The van der Waals surface area contributed by atoms with Gasteiger partial charge in [0.05, 0.1) is 24.6 Å². The number of rotatable bonds is 12. The first kappa shape index (κ1) is 26.5. The van der Waals surface area contributed by atoms with Crippen molar-refractivity contribution in [3.63, 3.8) is 0 Å². The summed E-state index contributed by atoms with van der Waals surface area (Å²) in [6, 6.07) is 1.44. The van der Waals surface area contributed by atoms with Gasteiger partial charge in [-0.1, -0.05) is 39.5 Å². The molecule has 7 nitrogen and oxygen atoms in total. The summed E-state index contributed by atoms with van der Waals surface area (Å²) in [5.74, 6) is -0.766. The van der Waals surface area contributed by atoms with Crippen LogP contribution in [0.5, 0.6) is 5.75 Å². The zero-order valence-corrected chi connectivity index (χ0v) is 22.0. The number of halogens is 1. The SMILES string of the molecule is CCCCCOC(=O)c1cn(C2CC2)c2c(OC)c(N3CCN(CCCCC)CC3)c(F)cc2c1=O. The number of anilines is 1. The smallest absolute Gasteiger partial charge is 0.343 e. The third kappa shape index (κ3) is 5.69. The quantitative estimate of drug-likeness (QED) is 0.296. The van der Waals surface area contributed by atoms with Crippen LogP contribution in [0, 0.1) is 5.82 Å². The number of pyridine rings is 1. The van der Waals surface area contributed by atoms with Crippen molar-refractivity contribution in [3.05, 3.63) is 33.9 Å². The molecule has 1 aromatic carbocycles. The van der Waals surface area contributed by atoms with Crippen molar-refractivity contribution in [2.75, 3.05) is 51.3 Å². The number of esters is 1. The molecule has 0 atom stereocenters. The van der Waals surface area contributed by atoms with Gasteiger partial charge in [-0.3, -0.25) is 9.69 Å². The van der Waals surface area contributed by atoms with Gasteiger partial charge in [0.25, 0.3) is 0 Å². The van der Waals surface area contributed by atoms with Gasteiger partial charge in [0, 0.05) is 38.4 Å². The minimum atomic E-state index is -0.643. The molecule has 2 heterocycles. The lowest BCUT2D eigenvalue weighted by Gasteiger charge is -2.37. The van der Waals surface area contributed by atoms with Crippen molar-refractivity contribution in [3.8, 4) is 5.75 Å². The highest BCUT2D eigenvalue weighted by Crippen LogP contribution is 2.43. The summed E-state index contributed by atoms with van der Waals surface area (Å²) in [6.07, 6.45) is 9.80. The van der Waals surface area contributed by atoms with Crippen molar-refractivity contribution in [2.45, 2.75) is 71.3 Å². The number of methoxy groups -OCH3 is 1. The number of benzene rings is 1. The van der Waals surface area contributed by atoms with Gasteiger partial charge in [0.1, 0.15) is 11.3 Å². The molecule has 2 fully saturated rings. The van der Waals surface area contributed by atoms with E-state index in [1.54, 1.807) is 6.20 Å². The second kappa shape index (κ2) is 12.1. The highest BCUT2D eigenvalue weighted by atomic mass is 19.1. The van der Waals surface area contributed by atoms with E-state index in [0.29, 0.717) is 30.0 Å². The minimum absolute atomic E-state index is 0.0409. The van der Waals surface area contributed by atoms with Gasteiger partial charge in [-0.25, -0.2) is 9.18 Å². The number of unbranched alkanes of at least 4 members (excludes halogenated alkanes) is 4. The molecule has 1 aliphatic carbocycles. The van der Waals surface area contributed by atoms with Crippen LogP contribution in [0.4, 0.5) is 10.1 Å². The topological polar surface area (TPSA) is 64.0 Å². The second-order valence-electron chi connectivity index (χ2n) is 10.0. The third-order valence-corrected chi connectivity index (χ3v) is 7.31. The van der Waals surface area contributed by atoms with Gasteiger partial charge in [0.2, 0.25) is 5.43 Å². The summed E-state index contributed by atoms with van der Waals surface area (Å²) in [7, 11) is 1.52. The van der Waals surface area contributed by atoms with E-state index in [0.717, 1.165) is 51.7 Å². The molecule has 1 saturated heterocycles. The van der Waals surface area contributed by atoms with Gasteiger partial charge in [0.15, 0.2) is 11.6 Å². The van der Waals surface area contributed by atoms with Gasteiger partial charge in [-0.15, -0.1) is 0 Å². The zero-order valence-electron chi connectivity index (χ0n) is 22.0. The van der Waals surface area contributed by atoms with Crippen LogP contribution in [0.1, 0.15) is 81.6 Å². The Morgan fingerprint density at radius 3 is 2.39 bits per heavy atom. The second-order valence-corrected chi connectivity index (χ2v) is 10.0. The van der Waals surface area contributed by atoms with Crippen molar-refractivity contribution in [1.29, 1.82) is 0 Å². The molecule has 2 aliphatic rings. The van der Waals surface area contributed by atoms with Gasteiger partial charge in [-0.05, 0) is 38.3 Å². The Bertz CT molecular complexity index is 1120. The molecule has 2 aromatic rings. The normalized spacial score (nSPS) is 16.5. The Hall–Kier alpha value is -2.61. The Balaban J connectivity index is 1.68. The molecule has 36 heavy (non-hydrogen) atoms. The summed E-state index contributed by atoms with van der Waals surface area (Å²) >= 11 is 0. The predicted molar refractivity (Wildman–Crippen MR) is 141 cm³/mol. The summed E-state index contributed by atoms with van der Waals surface area (Å²) in [4.78, 5) is 30.6. The highest BCUT2D eigenvalue weighted by molar-refractivity contribution is 5.97. The van der Waals surface area contributed by atoms with Crippen molar-refractivity contribution >= 4 is 22.6 Å². The molecule has 1 aliphatic heterocycles. The molecular formula is C28H40FN3O4. The van der Waals surface area contributed by atoms with E-state index >= 15 is 4.39 Å². The fraction of sp³-hybridized carbons (Fsp3) is 0.643. The Labute approximate surface area is 213 Å². The van der Waals surface area contributed by atoms with E-state index in [-0.39, 0.29) is 23.6 Å². The number of hydrogen-bond acceptors (Lipinski definition) is 6. The molecule has 0 amide bonds. The number of nitrogens with zero attached hydrogens (tertiary/aromatic N) is 3. The van der Waals surface area contributed by atoms with Crippen LogP contribution in [-0.4, -0.2) is 61.9 Å². The zero-order chi connectivity index (χ0) is 25.7. The van der Waals surface area contributed by atoms with Crippen LogP contribution in [0.15, 0.2) is 17.1 Å². The standard InChI is InChI=1S/C28H40FN3O4/c1-4-6-8-12-30-13-15-31(16-14-30)25-23(29)18-21-24(27(25)35-3)32(20-10-11-20)19-22(26(21)33)28(34)36-17-9-7-5-2/h18-20H,4-17H2,1-3H3. The fourth-order valence-corrected chi connectivity index (χ4v) is 5.09. The van der Waals surface area contributed by atoms with Crippen molar-refractivity contribution in [1.82, 2.24) is 9.47 Å². The maximum Gasteiger partial charge on any atom is 0.343 e. The first-order chi connectivity index (χ1) is 17.5. The van der Waals surface area contributed by atoms with Crippen LogP contribution in [-0.2, 0) is 4.74 Å². The van der Waals surface area contributed by atoms with Gasteiger partial charge < -0.3 is 18.9 Å². The molecule has 1 saturated carbocycles. The lowest BCUT2D eigenvalue weighted by Crippen LogP contribution is -2.47. The highest BCUT2D eigenvalue weighted by Gasteiger charge is 2.32. The first-order valence-corrected chi connectivity index (χ1v) is 13.6. The number of carbonyl (C=O) groups is 1. The molecular weight excluding hydrogens is 461 g/mol. The van der Waals surface area contributed by atoms with Crippen LogP contribution >= 0.6 is 0 Å². The molecule has 0 spiro atoms. The van der Waals surface area contributed by atoms with Gasteiger partial charge >= 0.3 is 5.97 Å². The van der Waals surface area contributed by atoms with E-state index in [9.17, 15) is 9.59 Å². The maximum atomic E-state index is 15.6. The molecule has 8 heteroatoms. The predicted octanol–water partition coefficient (Wildman–Crippen LogP) is 5.14. The molecule has 0 bridgehead atoms. The van der Waals surface area contributed by atoms with Gasteiger partial charge in [-0.2, -0.15) is 0 Å². The number of ether oxygens (including phenoxy) is 2. The van der Waals surface area contributed by atoms with E-state index in [1.807, 2.05) is 9.47 Å². The van der Waals surface area contributed by atoms with Crippen LogP contribution in [0.3, 0.4) is 0 Å².